The molecule has 7 amide bonds. The Balaban J connectivity index is 0.000000150. The second kappa shape index (κ2) is 39.8. The van der Waals surface area contributed by atoms with Gasteiger partial charge in [-0.3, -0.25) is 38.5 Å². The SMILES string of the molecule is CC[C@@H](C)C(=O)N[C@H](C(=O)N1CCC[C@H]1c1nc2c(-c3ccccc3)nccc2s1)C1CCN(C(C)=O)CC1.C[C@@H](CCCO)C(=O)N[C@H](C(=O)N1CCC[C@H]1c1nc2c(-c3ccccc3)cccc2s1)c1ccccc1.C[C@H](CCCO)C(=O)N[C@H](C(=O)N1CCC[C@H]1c1nc2c(-c3ccccc3)ccnc2s1)C1CCCCC1. The molecule has 0 bridgehead atoms. The highest BCUT2D eigenvalue weighted by molar-refractivity contribution is 7.19. The summed E-state index contributed by atoms with van der Waals surface area (Å²) in [4.78, 5) is 126. The predicted octanol–water partition coefficient (Wildman–Crippen LogP) is 16.2. The van der Waals surface area contributed by atoms with E-state index >= 15 is 0 Å². The van der Waals surface area contributed by atoms with Gasteiger partial charge in [0.25, 0.3) is 0 Å². The smallest absolute Gasteiger partial charge is 0.250 e. The van der Waals surface area contributed by atoms with Crippen molar-refractivity contribution in [3.8, 4) is 33.5 Å². The van der Waals surface area contributed by atoms with E-state index in [0.717, 1.165) is 149 Å². The van der Waals surface area contributed by atoms with Gasteiger partial charge in [0, 0.05) is 99.7 Å². The van der Waals surface area contributed by atoms with Crippen LogP contribution in [0.2, 0.25) is 0 Å². The maximum Gasteiger partial charge on any atom is 0.250 e. The molecular formula is C91H108N12O9S3. The second-order valence-corrected chi connectivity index (χ2v) is 34.5. The number of benzene rings is 5. The normalized spacial score (nSPS) is 18.9. The number of para-hydroxylation sites is 1. The molecule has 5 aliphatic rings. The Morgan fingerprint density at radius 2 is 0.896 bits per heavy atom. The lowest BCUT2D eigenvalue weighted by Gasteiger charge is -2.38. The number of fused-ring (bicyclic) bond motifs is 3. The minimum atomic E-state index is -0.768. The van der Waals surface area contributed by atoms with Crippen molar-refractivity contribution in [3.05, 3.63) is 185 Å². The number of thiazole rings is 3. The van der Waals surface area contributed by atoms with Gasteiger partial charge in [0.2, 0.25) is 41.4 Å². The summed E-state index contributed by atoms with van der Waals surface area (Å²) in [6, 6.07) is 48.0. The van der Waals surface area contributed by atoms with Crippen molar-refractivity contribution in [3.63, 3.8) is 0 Å². The van der Waals surface area contributed by atoms with Gasteiger partial charge < -0.3 is 45.8 Å². The molecule has 0 radical (unpaired) electrons. The number of aliphatic hydroxyl groups is 2. The molecule has 0 spiro atoms. The van der Waals surface area contributed by atoms with Crippen molar-refractivity contribution < 1.29 is 43.8 Å². The van der Waals surface area contributed by atoms with Gasteiger partial charge in [-0.1, -0.05) is 192 Å². The molecule has 604 valence electrons. The topological polar surface area (TPSA) is 273 Å². The van der Waals surface area contributed by atoms with E-state index < -0.39 is 18.1 Å². The van der Waals surface area contributed by atoms with E-state index in [1.54, 1.807) is 40.9 Å². The average molecular weight is 1610 g/mol. The van der Waals surface area contributed by atoms with Crippen LogP contribution >= 0.6 is 34.0 Å². The molecule has 1 saturated carbocycles. The summed E-state index contributed by atoms with van der Waals surface area (Å²) < 4.78 is 2.16. The number of hydrogen-bond acceptors (Lipinski definition) is 17. The molecule has 0 unspecified atom stereocenters. The minimum Gasteiger partial charge on any atom is -0.396 e. The number of nitrogens with one attached hydrogen (secondary N) is 3. The lowest BCUT2D eigenvalue weighted by Crippen LogP contribution is -2.55. The number of likely N-dealkylation sites (tertiary alicyclic amines) is 4. The van der Waals surface area contributed by atoms with Gasteiger partial charge in [-0.15, -0.1) is 22.7 Å². The van der Waals surface area contributed by atoms with Gasteiger partial charge in [-0.2, -0.15) is 0 Å². The van der Waals surface area contributed by atoms with Crippen molar-refractivity contribution >= 4 is 106 Å². The van der Waals surface area contributed by atoms with Crippen LogP contribution in [0.25, 0.3) is 64.3 Å². The van der Waals surface area contributed by atoms with E-state index in [1.165, 1.54) is 6.42 Å². The van der Waals surface area contributed by atoms with Crippen molar-refractivity contribution in [2.45, 2.75) is 186 Å². The summed E-state index contributed by atoms with van der Waals surface area (Å²) in [7, 11) is 0. The highest BCUT2D eigenvalue weighted by Gasteiger charge is 2.44. The number of piperidine rings is 1. The number of nitrogens with zero attached hydrogens (tertiary/aromatic N) is 9. The van der Waals surface area contributed by atoms with Crippen LogP contribution in [0.3, 0.4) is 0 Å². The molecule has 9 atom stereocenters. The molecule has 5 aromatic carbocycles. The third-order valence-corrected chi connectivity index (χ3v) is 27.0. The zero-order valence-corrected chi connectivity index (χ0v) is 69.1. The lowest BCUT2D eigenvalue weighted by molar-refractivity contribution is -0.141. The van der Waals surface area contributed by atoms with E-state index in [9.17, 15) is 38.7 Å². The summed E-state index contributed by atoms with van der Waals surface area (Å²) in [5.74, 6) is -0.950. The van der Waals surface area contributed by atoms with Crippen LogP contribution in [0.1, 0.15) is 195 Å². The van der Waals surface area contributed by atoms with Crippen molar-refractivity contribution in [1.82, 2.24) is 60.5 Å². The number of carbonyl (C=O) groups is 7. The van der Waals surface area contributed by atoms with E-state index in [0.29, 0.717) is 77.7 Å². The molecule has 21 nitrogen and oxygen atoms in total. The molecule has 5 aromatic heterocycles. The second-order valence-electron chi connectivity index (χ2n) is 31.4. The fraction of sp³-hybridized carbons (Fsp3) is 0.451. The van der Waals surface area contributed by atoms with E-state index in [2.05, 4.69) is 68.4 Å². The first kappa shape index (κ1) is 83.2. The van der Waals surface area contributed by atoms with Crippen molar-refractivity contribution in [1.29, 1.82) is 0 Å². The van der Waals surface area contributed by atoms with Crippen LogP contribution in [-0.4, -0.2) is 154 Å². The molecule has 10 aromatic rings. The first-order chi connectivity index (χ1) is 56.0. The van der Waals surface area contributed by atoms with Crippen LogP contribution in [0.4, 0.5) is 0 Å². The van der Waals surface area contributed by atoms with Crippen molar-refractivity contribution in [2.24, 2.45) is 29.6 Å². The van der Waals surface area contributed by atoms with Gasteiger partial charge in [0.1, 0.15) is 49.0 Å². The van der Waals surface area contributed by atoms with Gasteiger partial charge in [-0.25, -0.2) is 19.9 Å². The number of rotatable bonds is 25. The number of aromatic nitrogens is 5. The van der Waals surface area contributed by atoms with Crippen LogP contribution in [0.15, 0.2) is 164 Å². The molecule has 24 heteroatoms. The molecule has 15 rings (SSSR count). The first-order valence-corrected chi connectivity index (χ1v) is 43.9. The quantitative estimate of drug-likeness (QED) is 0.0356. The number of hydrogen-bond donors (Lipinski definition) is 5. The molecule has 5 N–H and O–H groups in total. The largest absolute Gasteiger partial charge is 0.396 e. The Bertz CT molecular complexity index is 4940. The Morgan fingerprint density at radius 3 is 1.43 bits per heavy atom. The van der Waals surface area contributed by atoms with E-state index in [4.69, 9.17) is 20.1 Å². The standard InChI is InChI=1S/C31H33N3O3S.C30H37N5O3S.C30H38N4O3S/c1-21(11-10-20-35)29(36)32-27(23-14-6-3-7-15-23)31(37)34-19-9-17-25(34)30-33-28-24(16-8-18-26(28)38-30)22-12-4-2-5-13-22;1-4-19(2)28(37)32-26(22-13-17-34(18-14-22)20(3)36)30(38)35-16-8-11-23(35)29-33-27-24(39-29)12-15-31-25(27)21-9-6-5-7-10-21;1-20(10-9-19-35)27(36)32-25(22-13-6-3-7-14-22)30(37)34-18-8-15-24(34)28-33-26-23(16-17-31-29(26)38-28)21-11-4-2-5-12-21/h2-8,12-16,18,21,25,27,35H,9-11,17,19-20H2,1H3,(H,32,36);5-7,9-10,12,15,19,22-23,26H,4,8,11,13-14,16-18H2,1-3H3,(H,32,37);2,4-5,11-12,16-17,20,22,24-25,35H,3,6-10,13-15,18-19H2,1H3,(H,32,36)/t21-,25-,27-;19-,23+,26+;20-,24+,25+/m011/s1. The molecule has 1 aliphatic carbocycles. The Morgan fingerprint density at radius 1 is 0.443 bits per heavy atom. The lowest BCUT2D eigenvalue weighted by atomic mass is 9.83. The number of carbonyl (C=O) groups excluding carboxylic acids is 7. The van der Waals surface area contributed by atoms with E-state index in [-0.39, 0.29) is 102 Å². The van der Waals surface area contributed by atoms with Crippen LogP contribution in [0.5, 0.6) is 0 Å². The van der Waals surface area contributed by atoms with Crippen molar-refractivity contribution in [2.75, 3.05) is 45.9 Å². The molecular weight excluding hydrogens is 1500 g/mol. The van der Waals surface area contributed by atoms with Crippen LogP contribution in [0, 0.1) is 29.6 Å². The summed E-state index contributed by atoms with van der Waals surface area (Å²) in [5.41, 5.74) is 9.71. The van der Waals surface area contributed by atoms with Gasteiger partial charge in [0.15, 0.2) is 0 Å². The summed E-state index contributed by atoms with van der Waals surface area (Å²) >= 11 is 4.84. The third-order valence-electron chi connectivity index (χ3n) is 23.7. The Hall–Kier alpha value is -9.72. The predicted molar refractivity (Wildman–Crippen MR) is 455 cm³/mol. The fourth-order valence-corrected chi connectivity index (χ4v) is 20.2. The summed E-state index contributed by atoms with van der Waals surface area (Å²) in [6.45, 7) is 12.5. The molecule has 4 saturated heterocycles. The zero-order valence-electron chi connectivity index (χ0n) is 66.6. The Labute approximate surface area is 686 Å². The zero-order chi connectivity index (χ0) is 80.5. The average Bonchev–Trinajstić information content (AvgIpc) is 1.64. The van der Waals surface area contributed by atoms with Gasteiger partial charge in [-0.05, 0) is 143 Å². The number of amides is 7. The monoisotopic (exact) mass is 1610 g/mol. The summed E-state index contributed by atoms with van der Waals surface area (Å²) in [6.07, 6.45) is 18.6. The molecule has 4 aliphatic heterocycles. The Kier molecular flexibility index (Phi) is 28.8. The molecule has 5 fully saturated rings. The number of pyridine rings is 2. The summed E-state index contributed by atoms with van der Waals surface area (Å²) in [5, 5.41) is 30.4. The van der Waals surface area contributed by atoms with Gasteiger partial charge in [0.05, 0.1) is 38.7 Å². The first-order valence-electron chi connectivity index (χ1n) is 41.4. The third kappa shape index (κ3) is 19.9. The van der Waals surface area contributed by atoms with E-state index in [1.807, 2.05) is 169 Å². The molecule has 9 heterocycles. The highest BCUT2D eigenvalue weighted by atomic mass is 32.1. The van der Waals surface area contributed by atoms with Gasteiger partial charge >= 0.3 is 0 Å². The maximum absolute atomic E-state index is 14.2. The van der Waals surface area contributed by atoms with Crippen LogP contribution in [-0.2, 0) is 33.6 Å². The highest BCUT2D eigenvalue weighted by Crippen LogP contribution is 2.44. The maximum atomic E-state index is 14.2. The fourth-order valence-electron chi connectivity index (χ4n) is 16.8. The van der Waals surface area contributed by atoms with Crippen LogP contribution < -0.4 is 16.0 Å². The molecule has 115 heavy (non-hydrogen) atoms. The number of aliphatic hydroxyl groups excluding tert-OH is 2. The minimum absolute atomic E-state index is 0.00777.